The Morgan fingerprint density at radius 3 is 2.31 bits per heavy atom. The van der Waals surface area contributed by atoms with E-state index >= 15 is 0 Å². The van der Waals surface area contributed by atoms with Gasteiger partial charge in [0.1, 0.15) is 0 Å². The quantitative estimate of drug-likeness (QED) is 0.195. The van der Waals surface area contributed by atoms with Gasteiger partial charge in [-0.1, -0.05) is 13.2 Å². The molecule has 0 saturated carbocycles. The lowest BCUT2D eigenvalue weighted by molar-refractivity contribution is -0.139. The molecule has 1 unspecified atom stereocenters. The first-order chi connectivity index (χ1) is 12.0. The first-order valence-electron chi connectivity index (χ1n) is 9.01. The Morgan fingerprint density at radius 1 is 1.15 bits per heavy atom. The Bertz CT molecular complexity index is 488. The lowest BCUT2D eigenvalue weighted by Gasteiger charge is -2.36. The van der Waals surface area contributed by atoms with Crippen LogP contribution in [0.25, 0.3) is 0 Å². The average molecular weight is 387 g/mol. The van der Waals surface area contributed by atoms with Crippen LogP contribution in [0.2, 0.25) is 12.6 Å². The Hall–Kier alpha value is -1.44. The summed E-state index contributed by atoms with van der Waals surface area (Å²) in [5.74, 6) is -0.790. The molecule has 0 aliphatic heterocycles. The molecule has 7 heteroatoms. The van der Waals surface area contributed by atoms with Crippen LogP contribution in [0, 0.1) is 0 Å². The molecule has 0 radical (unpaired) electrons. The van der Waals surface area contributed by atoms with Crippen molar-refractivity contribution in [2.24, 2.45) is 0 Å². The van der Waals surface area contributed by atoms with Crippen LogP contribution >= 0.6 is 0 Å². The molecule has 0 heterocycles. The molecule has 0 aromatic heterocycles. The predicted molar refractivity (Wildman–Crippen MR) is 104 cm³/mol. The van der Waals surface area contributed by atoms with Crippen LogP contribution in [0.4, 0.5) is 0 Å². The van der Waals surface area contributed by atoms with Gasteiger partial charge < -0.3 is 18.3 Å². The van der Waals surface area contributed by atoms with Gasteiger partial charge in [-0.3, -0.25) is 0 Å². The van der Waals surface area contributed by atoms with E-state index in [1.807, 2.05) is 27.3 Å². The highest BCUT2D eigenvalue weighted by Crippen LogP contribution is 2.27. The van der Waals surface area contributed by atoms with Crippen LogP contribution in [0.15, 0.2) is 24.8 Å². The van der Waals surface area contributed by atoms with Crippen molar-refractivity contribution in [3.8, 4) is 0 Å². The van der Waals surface area contributed by atoms with E-state index in [9.17, 15) is 9.59 Å². The first kappa shape index (κ1) is 24.6. The fourth-order valence-corrected chi connectivity index (χ4v) is 5.48. The molecular formula is C19H34O6Si. The summed E-state index contributed by atoms with van der Waals surface area (Å²) in [6.45, 7) is 17.8. The highest BCUT2D eigenvalue weighted by Gasteiger charge is 2.37. The van der Waals surface area contributed by atoms with Crippen molar-refractivity contribution in [1.82, 2.24) is 0 Å². The van der Waals surface area contributed by atoms with Crippen LogP contribution in [0.3, 0.4) is 0 Å². The SMILES string of the molecule is C=CC(=O)OCCC[Si](C)(OCC)OC(C)(C)CCCOC(=O)C(=C)C. The fourth-order valence-electron chi connectivity index (χ4n) is 2.50. The van der Waals surface area contributed by atoms with Gasteiger partial charge in [-0.15, -0.1) is 0 Å². The summed E-state index contributed by atoms with van der Waals surface area (Å²) < 4.78 is 22.4. The molecule has 0 aromatic rings. The highest BCUT2D eigenvalue weighted by atomic mass is 28.4. The Kier molecular flexibility index (Phi) is 11.4. The van der Waals surface area contributed by atoms with Crippen molar-refractivity contribution in [3.63, 3.8) is 0 Å². The largest absolute Gasteiger partial charge is 0.463 e. The van der Waals surface area contributed by atoms with E-state index in [4.69, 9.17) is 18.3 Å². The van der Waals surface area contributed by atoms with Gasteiger partial charge in [-0.2, -0.15) is 0 Å². The molecule has 26 heavy (non-hydrogen) atoms. The minimum absolute atomic E-state index is 0.321. The molecule has 0 spiro atoms. The van der Waals surface area contributed by atoms with Gasteiger partial charge in [0.15, 0.2) is 0 Å². The topological polar surface area (TPSA) is 71.1 Å². The summed E-state index contributed by atoms with van der Waals surface area (Å²) in [5.41, 5.74) is -0.00202. The van der Waals surface area contributed by atoms with E-state index in [-0.39, 0.29) is 5.97 Å². The molecule has 0 aliphatic carbocycles. The standard InChI is InChI=1S/C19H34O6Si/c1-8-17(20)22-14-11-15-26(7,24-9-2)25-19(5,6)12-10-13-23-18(21)16(3)4/h8H,1,3,9-15H2,2,4-7H3. The third kappa shape index (κ3) is 11.2. The van der Waals surface area contributed by atoms with Gasteiger partial charge in [0.05, 0.1) is 18.8 Å². The van der Waals surface area contributed by atoms with Crippen molar-refractivity contribution in [1.29, 1.82) is 0 Å². The number of esters is 2. The Morgan fingerprint density at radius 2 is 1.77 bits per heavy atom. The monoisotopic (exact) mass is 386 g/mol. The van der Waals surface area contributed by atoms with Crippen molar-refractivity contribution in [2.45, 2.75) is 65.1 Å². The summed E-state index contributed by atoms with van der Waals surface area (Å²) in [5, 5.41) is 0. The molecular weight excluding hydrogens is 352 g/mol. The Balaban J connectivity index is 4.44. The normalized spacial score (nSPS) is 13.6. The summed E-state index contributed by atoms with van der Waals surface area (Å²) in [7, 11) is -2.41. The molecule has 1 atom stereocenters. The minimum atomic E-state index is -2.41. The summed E-state index contributed by atoms with van der Waals surface area (Å²) >= 11 is 0. The van der Waals surface area contributed by atoms with Crippen molar-refractivity contribution < 1.29 is 27.9 Å². The van der Waals surface area contributed by atoms with E-state index < -0.39 is 20.1 Å². The second-order valence-corrected chi connectivity index (χ2v) is 10.2. The van der Waals surface area contributed by atoms with E-state index in [0.717, 1.165) is 18.5 Å². The van der Waals surface area contributed by atoms with E-state index in [0.29, 0.717) is 38.2 Å². The van der Waals surface area contributed by atoms with E-state index in [2.05, 4.69) is 13.2 Å². The summed E-state index contributed by atoms with van der Waals surface area (Å²) in [6, 6.07) is 0.722. The Labute approximate surface area is 158 Å². The van der Waals surface area contributed by atoms with Crippen LogP contribution in [0.5, 0.6) is 0 Å². The molecule has 0 saturated heterocycles. The van der Waals surface area contributed by atoms with Crippen LogP contribution < -0.4 is 0 Å². The number of hydrogen-bond donors (Lipinski definition) is 0. The minimum Gasteiger partial charge on any atom is -0.463 e. The van der Waals surface area contributed by atoms with Gasteiger partial charge in [0.2, 0.25) is 0 Å². The summed E-state index contributed by atoms with van der Waals surface area (Å²) in [4.78, 5) is 22.5. The third-order valence-electron chi connectivity index (χ3n) is 3.63. The van der Waals surface area contributed by atoms with Crippen molar-refractivity contribution in [3.05, 3.63) is 24.8 Å². The van der Waals surface area contributed by atoms with Crippen molar-refractivity contribution >= 4 is 20.5 Å². The number of ether oxygens (including phenoxy) is 2. The predicted octanol–water partition coefficient (Wildman–Crippen LogP) is 3.91. The first-order valence-corrected chi connectivity index (χ1v) is 11.5. The maximum atomic E-state index is 11.4. The molecule has 0 aliphatic rings. The second-order valence-electron chi connectivity index (χ2n) is 6.92. The maximum absolute atomic E-state index is 11.4. The molecule has 0 rings (SSSR count). The van der Waals surface area contributed by atoms with Gasteiger partial charge in [-0.05, 0) is 59.5 Å². The van der Waals surface area contributed by atoms with Gasteiger partial charge in [0, 0.05) is 18.3 Å². The molecule has 0 bridgehead atoms. The lowest BCUT2D eigenvalue weighted by atomic mass is 10.0. The average Bonchev–Trinajstić information content (AvgIpc) is 2.54. The number of rotatable bonds is 14. The number of carbonyl (C=O) groups excluding carboxylic acids is 2. The zero-order chi connectivity index (χ0) is 20.2. The fraction of sp³-hybridized carbons (Fsp3) is 0.684. The number of carbonyl (C=O) groups is 2. The van der Waals surface area contributed by atoms with Crippen LogP contribution in [-0.2, 0) is 27.9 Å². The van der Waals surface area contributed by atoms with E-state index in [1.165, 1.54) is 0 Å². The van der Waals surface area contributed by atoms with Gasteiger partial charge in [0.25, 0.3) is 0 Å². The molecule has 0 N–H and O–H groups in total. The third-order valence-corrected chi connectivity index (χ3v) is 6.78. The molecule has 0 aromatic carbocycles. The molecule has 0 fully saturated rings. The zero-order valence-electron chi connectivity index (χ0n) is 16.9. The van der Waals surface area contributed by atoms with Gasteiger partial charge >= 0.3 is 20.5 Å². The van der Waals surface area contributed by atoms with Crippen LogP contribution in [-0.4, -0.2) is 45.9 Å². The smallest absolute Gasteiger partial charge is 0.335 e. The maximum Gasteiger partial charge on any atom is 0.335 e. The zero-order valence-corrected chi connectivity index (χ0v) is 17.9. The molecule has 0 amide bonds. The van der Waals surface area contributed by atoms with E-state index in [1.54, 1.807) is 6.92 Å². The van der Waals surface area contributed by atoms with Crippen LogP contribution in [0.1, 0.15) is 47.0 Å². The molecule has 6 nitrogen and oxygen atoms in total. The highest BCUT2D eigenvalue weighted by molar-refractivity contribution is 6.66. The molecule has 150 valence electrons. The lowest BCUT2D eigenvalue weighted by Crippen LogP contribution is -2.46. The number of hydrogen-bond acceptors (Lipinski definition) is 6. The van der Waals surface area contributed by atoms with Gasteiger partial charge in [-0.25, -0.2) is 9.59 Å². The second kappa shape index (κ2) is 12.0. The summed E-state index contributed by atoms with van der Waals surface area (Å²) in [6.07, 6.45) is 3.26. The van der Waals surface area contributed by atoms with Crippen molar-refractivity contribution in [2.75, 3.05) is 19.8 Å².